The number of amides is 1. The predicted molar refractivity (Wildman–Crippen MR) is 172 cm³/mol. The molecule has 0 saturated heterocycles. The Morgan fingerprint density at radius 1 is 1.02 bits per heavy atom. The summed E-state index contributed by atoms with van der Waals surface area (Å²) < 4.78 is 21.4. The summed E-state index contributed by atoms with van der Waals surface area (Å²) in [4.78, 5) is 34.4. The Morgan fingerprint density at radius 3 is 2.51 bits per heavy atom. The monoisotopic (exact) mass is 655 g/mol. The molecule has 0 saturated carbocycles. The van der Waals surface area contributed by atoms with Crippen molar-refractivity contribution in [3.8, 4) is 17.3 Å². The number of fused-ring (bicyclic) bond motifs is 2. The second-order valence-corrected chi connectivity index (χ2v) is 12.4. The summed E-state index contributed by atoms with van der Waals surface area (Å²) >= 11 is 3.53. The van der Waals surface area contributed by atoms with Crippen LogP contribution in [0.1, 0.15) is 76.6 Å². The molecule has 232 valence electrons. The van der Waals surface area contributed by atoms with Crippen LogP contribution in [0.3, 0.4) is 0 Å². The van der Waals surface area contributed by atoms with Gasteiger partial charge in [0, 0.05) is 25.5 Å². The molecule has 3 heterocycles. The van der Waals surface area contributed by atoms with Crippen LogP contribution in [0.15, 0.2) is 34.9 Å². The van der Waals surface area contributed by atoms with E-state index in [0.29, 0.717) is 30.0 Å². The minimum absolute atomic E-state index is 0.381. The third kappa shape index (κ3) is 8.07. The molecule has 11 heteroatoms. The fourth-order valence-electron chi connectivity index (χ4n) is 4.97. The molecule has 1 aromatic carbocycles. The lowest BCUT2D eigenvalue weighted by molar-refractivity contribution is 0.0496. The zero-order valence-electron chi connectivity index (χ0n) is 26.0. The van der Waals surface area contributed by atoms with Crippen LogP contribution in [-0.4, -0.2) is 57.0 Å². The van der Waals surface area contributed by atoms with Gasteiger partial charge in [-0.25, -0.2) is 19.6 Å². The molecule has 0 atom stereocenters. The van der Waals surface area contributed by atoms with Crippen LogP contribution in [0.25, 0.3) is 33.6 Å². The first-order valence-electron chi connectivity index (χ1n) is 14.9. The van der Waals surface area contributed by atoms with E-state index in [1.54, 1.807) is 19.2 Å². The topological polar surface area (TPSA) is 110 Å². The molecular weight excluding hydrogens is 614 g/mol. The largest absolute Gasteiger partial charge is 0.494 e. The summed E-state index contributed by atoms with van der Waals surface area (Å²) in [7, 11) is 3.55. The van der Waals surface area contributed by atoms with Crippen molar-refractivity contribution in [2.24, 2.45) is 7.05 Å². The molecular formula is C32H42BrN5O5. The number of nitrogens with zero attached hydrogens (tertiary/aromatic N) is 4. The Kier molecular flexibility index (Phi) is 10.7. The van der Waals surface area contributed by atoms with Gasteiger partial charge < -0.3 is 28.7 Å². The normalized spacial score (nSPS) is 11.7. The maximum absolute atomic E-state index is 12.7. The Labute approximate surface area is 261 Å². The number of unbranched alkanes of at least 4 members (excludes halogenated alkanes) is 4. The number of esters is 1. The minimum Gasteiger partial charge on any atom is -0.494 e. The molecule has 43 heavy (non-hydrogen) atoms. The number of pyridine rings is 1. The molecule has 1 amide bonds. The van der Waals surface area contributed by atoms with Crippen molar-refractivity contribution in [3.05, 3.63) is 40.5 Å². The Bertz CT molecular complexity index is 1590. The summed E-state index contributed by atoms with van der Waals surface area (Å²) in [5.41, 5.74) is 3.16. The van der Waals surface area contributed by atoms with Crippen LogP contribution in [0.5, 0.6) is 5.75 Å². The molecule has 0 spiro atoms. The molecule has 0 bridgehead atoms. The van der Waals surface area contributed by atoms with E-state index in [0.717, 1.165) is 77.7 Å². The fourth-order valence-corrected chi connectivity index (χ4v) is 5.27. The van der Waals surface area contributed by atoms with Gasteiger partial charge in [0.25, 0.3) is 0 Å². The first-order chi connectivity index (χ1) is 20.5. The lowest BCUT2D eigenvalue weighted by atomic mass is 10.2. The quantitative estimate of drug-likeness (QED) is 0.0907. The summed E-state index contributed by atoms with van der Waals surface area (Å²) in [6.45, 7) is 9.32. The minimum atomic E-state index is -0.503. The van der Waals surface area contributed by atoms with Gasteiger partial charge in [0.15, 0.2) is 5.82 Å². The van der Waals surface area contributed by atoms with Crippen LogP contribution in [0, 0.1) is 0 Å². The number of nitrogens with one attached hydrogen (secondary N) is 1. The zero-order chi connectivity index (χ0) is 31.1. The average molecular weight is 657 g/mol. The van der Waals surface area contributed by atoms with Crippen LogP contribution < -0.4 is 10.1 Å². The van der Waals surface area contributed by atoms with E-state index in [-0.39, 0.29) is 12.1 Å². The fraction of sp³-hybridized carbons (Fsp3) is 0.500. The molecule has 0 fully saturated rings. The number of aromatic nitrogens is 4. The molecule has 0 unspecified atom stereocenters. The van der Waals surface area contributed by atoms with Crippen molar-refractivity contribution in [1.82, 2.24) is 24.4 Å². The van der Waals surface area contributed by atoms with E-state index >= 15 is 0 Å². The van der Waals surface area contributed by atoms with Gasteiger partial charge in [-0.15, -0.1) is 0 Å². The predicted octanol–water partition coefficient (Wildman–Crippen LogP) is 7.40. The SMILES string of the molecule is CCCCOC(=O)c1cc(OC)c2c(c1)nc(-c1cc3ccc(Br)nc3n1CCCCCCNC(=O)OC(C)(C)C)n2C. The van der Waals surface area contributed by atoms with Crippen molar-refractivity contribution >= 4 is 50.1 Å². The van der Waals surface area contributed by atoms with E-state index in [1.807, 2.05) is 44.5 Å². The molecule has 0 aliphatic heterocycles. The number of rotatable bonds is 13. The van der Waals surface area contributed by atoms with Crippen molar-refractivity contribution in [2.75, 3.05) is 20.3 Å². The number of ether oxygens (including phenoxy) is 3. The van der Waals surface area contributed by atoms with Gasteiger partial charge in [-0.2, -0.15) is 0 Å². The Hall–Kier alpha value is -3.60. The number of hydrogen-bond donors (Lipinski definition) is 1. The lowest BCUT2D eigenvalue weighted by Crippen LogP contribution is -2.32. The summed E-state index contributed by atoms with van der Waals surface area (Å²) in [6.07, 6.45) is 5.15. The second-order valence-electron chi connectivity index (χ2n) is 11.6. The Morgan fingerprint density at radius 2 is 1.79 bits per heavy atom. The second kappa shape index (κ2) is 14.2. The standard InChI is InChI=1S/C32H42BrN5O5/c1-7-8-17-42-30(39)22-18-23-27(25(20-22)41-6)37(5)29(35-23)24-19-21-13-14-26(33)36-28(21)38(24)16-12-10-9-11-15-34-31(40)43-32(2,3)4/h13-14,18-20H,7-12,15-17H2,1-6H3,(H,34,40). The highest BCUT2D eigenvalue weighted by molar-refractivity contribution is 9.10. The summed E-state index contributed by atoms with van der Waals surface area (Å²) in [5, 5.41) is 3.84. The highest BCUT2D eigenvalue weighted by Crippen LogP contribution is 2.34. The highest BCUT2D eigenvalue weighted by atomic mass is 79.9. The van der Waals surface area contributed by atoms with E-state index in [1.165, 1.54) is 0 Å². The zero-order valence-corrected chi connectivity index (χ0v) is 27.5. The van der Waals surface area contributed by atoms with Crippen molar-refractivity contribution in [3.63, 3.8) is 0 Å². The third-order valence-corrected chi connectivity index (χ3v) is 7.48. The number of aryl methyl sites for hydroxylation is 2. The van der Waals surface area contributed by atoms with Gasteiger partial charge in [0.2, 0.25) is 0 Å². The number of carbonyl (C=O) groups excluding carboxylic acids is 2. The molecule has 4 aromatic rings. The van der Waals surface area contributed by atoms with Gasteiger partial charge in [0.1, 0.15) is 27.1 Å². The number of hydrogen-bond acceptors (Lipinski definition) is 7. The number of benzene rings is 1. The van der Waals surface area contributed by atoms with Crippen molar-refractivity contribution in [1.29, 1.82) is 0 Å². The molecule has 0 radical (unpaired) electrons. The van der Waals surface area contributed by atoms with Crippen LogP contribution in [-0.2, 0) is 23.1 Å². The summed E-state index contributed by atoms with van der Waals surface area (Å²) in [5.74, 6) is 0.926. The van der Waals surface area contributed by atoms with E-state index in [2.05, 4.69) is 38.8 Å². The lowest BCUT2D eigenvalue weighted by Gasteiger charge is -2.19. The van der Waals surface area contributed by atoms with Gasteiger partial charge >= 0.3 is 12.1 Å². The number of imidazole rings is 1. The molecule has 0 aliphatic carbocycles. The third-order valence-electron chi connectivity index (χ3n) is 7.04. The number of methoxy groups -OCH3 is 1. The van der Waals surface area contributed by atoms with Gasteiger partial charge in [-0.3, -0.25) is 0 Å². The van der Waals surface area contributed by atoms with Crippen LogP contribution >= 0.6 is 15.9 Å². The molecule has 4 rings (SSSR count). The van der Waals surface area contributed by atoms with Gasteiger partial charge in [-0.1, -0.05) is 26.2 Å². The molecule has 10 nitrogen and oxygen atoms in total. The van der Waals surface area contributed by atoms with E-state index in [9.17, 15) is 9.59 Å². The highest BCUT2D eigenvalue weighted by Gasteiger charge is 2.22. The first-order valence-corrected chi connectivity index (χ1v) is 15.7. The maximum Gasteiger partial charge on any atom is 0.407 e. The first kappa shape index (κ1) is 32.3. The molecule has 0 aliphatic rings. The average Bonchev–Trinajstić information content (AvgIpc) is 3.47. The van der Waals surface area contributed by atoms with E-state index in [4.69, 9.17) is 24.2 Å². The molecule has 1 N–H and O–H groups in total. The smallest absolute Gasteiger partial charge is 0.407 e. The van der Waals surface area contributed by atoms with Crippen LogP contribution in [0.4, 0.5) is 4.79 Å². The van der Waals surface area contributed by atoms with E-state index < -0.39 is 5.60 Å². The Balaban J connectivity index is 1.55. The maximum atomic E-state index is 12.7. The van der Waals surface area contributed by atoms with Crippen molar-refractivity contribution < 1.29 is 23.8 Å². The molecule has 3 aromatic heterocycles. The number of halogens is 1. The number of alkyl carbamates (subject to hydrolysis) is 1. The summed E-state index contributed by atoms with van der Waals surface area (Å²) in [6, 6.07) is 9.56. The van der Waals surface area contributed by atoms with Crippen LogP contribution in [0.2, 0.25) is 0 Å². The number of carbonyl (C=O) groups is 2. The van der Waals surface area contributed by atoms with Gasteiger partial charge in [-0.05, 0) is 86.3 Å². The van der Waals surface area contributed by atoms with Gasteiger partial charge in [0.05, 0.1) is 30.5 Å². The van der Waals surface area contributed by atoms with Crippen molar-refractivity contribution in [2.45, 2.75) is 78.4 Å².